The Labute approximate surface area is 171 Å². The van der Waals surface area contributed by atoms with Gasteiger partial charge >= 0.3 is 0 Å². The van der Waals surface area contributed by atoms with Crippen LogP contribution in [0.1, 0.15) is 0 Å². The predicted molar refractivity (Wildman–Crippen MR) is 116 cm³/mol. The minimum atomic E-state index is -0.344. The minimum Gasteiger partial charge on any atom is -0.338 e. The van der Waals surface area contributed by atoms with Gasteiger partial charge in [0.1, 0.15) is 12.4 Å². The summed E-state index contributed by atoms with van der Waals surface area (Å²) in [5, 5.41) is 8.28. The highest BCUT2D eigenvalue weighted by Crippen LogP contribution is 2.27. The SMILES string of the molecule is O=C(Cn1ncc2ccccc2c1=O)Nc1ccccc1-c1nc2ccccc2[nH]1. The summed E-state index contributed by atoms with van der Waals surface area (Å²) in [6.07, 6.45) is 1.59. The summed E-state index contributed by atoms with van der Waals surface area (Å²) in [5.41, 5.74) is 2.84. The molecule has 7 nitrogen and oxygen atoms in total. The van der Waals surface area contributed by atoms with Crippen molar-refractivity contribution >= 4 is 33.4 Å². The molecule has 7 heteroatoms. The van der Waals surface area contributed by atoms with Crippen LogP contribution in [-0.2, 0) is 11.3 Å². The van der Waals surface area contributed by atoms with Gasteiger partial charge in [0.2, 0.25) is 5.91 Å². The molecule has 0 spiro atoms. The number of nitrogens with zero attached hydrogens (tertiary/aromatic N) is 3. The Bertz CT molecular complexity index is 1420. The lowest BCUT2D eigenvalue weighted by molar-refractivity contribution is -0.117. The number of nitrogens with one attached hydrogen (secondary N) is 2. The van der Waals surface area contributed by atoms with E-state index in [4.69, 9.17) is 0 Å². The molecule has 146 valence electrons. The number of rotatable bonds is 4. The van der Waals surface area contributed by atoms with E-state index in [1.807, 2.05) is 54.6 Å². The molecule has 0 saturated heterocycles. The van der Waals surface area contributed by atoms with E-state index in [9.17, 15) is 9.59 Å². The van der Waals surface area contributed by atoms with Gasteiger partial charge in [-0.05, 0) is 30.3 Å². The van der Waals surface area contributed by atoms with Gasteiger partial charge in [-0.1, -0.05) is 42.5 Å². The van der Waals surface area contributed by atoms with Crippen LogP contribution in [-0.4, -0.2) is 25.7 Å². The Morgan fingerprint density at radius 3 is 2.63 bits per heavy atom. The summed E-state index contributed by atoms with van der Waals surface area (Å²) in [4.78, 5) is 33.2. The number of aromatic nitrogens is 4. The smallest absolute Gasteiger partial charge is 0.275 e. The summed E-state index contributed by atoms with van der Waals surface area (Å²) < 4.78 is 1.17. The maximum atomic E-state index is 12.7. The topological polar surface area (TPSA) is 92.7 Å². The number of anilines is 1. The molecule has 5 aromatic rings. The van der Waals surface area contributed by atoms with Crippen molar-refractivity contribution in [2.75, 3.05) is 5.32 Å². The molecule has 0 aliphatic heterocycles. The first-order valence-electron chi connectivity index (χ1n) is 9.48. The van der Waals surface area contributed by atoms with Crippen molar-refractivity contribution in [3.05, 3.63) is 89.3 Å². The molecular formula is C23H17N5O2. The van der Waals surface area contributed by atoms with Gasteiger partial charge in [0, 0.05) is 10.9 Å². The van der Waals surface area contributed by atoms with Crippen LogP contribution in [0.5, 0.6) is 0 Å². The number of carbonyl (C=O) groups is 1. The molecule has 30 heavy (non-hydrogen) atoms. The first-order valence-corrected chi connectivity index (χ1v) is 9.48. The van der Waals surface area contributed by atoms with Crippen LogP contribution in [0.15, 0.2) is 83.8 Å². The third-order valence-corrected chi connectivity index (χ3v) is 4.90. The molecule has 0 aliphatic carbocycles. The number of hydrogen-bond acceptors (Lipinski definition) is 4. The Hall–Kier alpha value is -4.26. The summed E-state index contributed by atoms with van der Waals surface area (Å²) in [6, 6.07) is 22.3. The normalized spacial score (nSPS) is 11.1. The standard InChI is InChI=1S/C23H17N5O2/c29-21(14-28-23(30)16-8-2-1-7-15(16)13-24-28)25-18-10-4-3-9-17(18)22-26-19-11-5-6-12-20(19)27-22/h1-13H,14H2,(H,25,29)(H,26,27). The van der Waals surface area contributed by atoms with E-state index < -0.39 is 0 Å². The van der Waals surface area contributed by atoms with Crippen molar-refractivity contribution in [2.24, 2.45) is 0 Å². The van der Waals surface area contributed by atoms with E-state index >= 15 is 0 Å². The third kappa shape index (κ3) is 3.22. The van der Waals surface area contributed by atoms with Gasteiger partial charge in [0.25, 0.3) is 5.56 Å². The number of amides is 1. The second kappa shape index (κ2) is 7.29. The summed E-state index contributed by atoms with van der Waals surface area (Å²) in [5.74, 6) is 0.316. The maximum absolute atomic E-state index is 12.7. The lowest BCUT2D eigenvalue weighted by Gasteiger charge is -2.10. The van der Waals surface area contributed by atoms with E-state index in [0.717, 1.165) is 22.0 Å². The quantitative estimate of drug-likeness (QED) is 0.486. The van der Waals surface area contributed by atoms with Crippen molar-refractivity contribution in [1.29, 1.82) is 0 Å². The number of H-pyrrole nitrogens is 1. The number of imidazole rings is 1. The van der Waals surface area contributed by atoms with Crippen LogP contribution in [0, 0.1) is 0 Å². The van der Waals surface area contributed by atoms with E-state index in [-0.39, 0.29) is 18.0 Å². The average Bonchev–Trinajstić information content (AvgIpc) is 3.20. The summed E-state index contributed by atoms with van der Waals surface area (Å²) in [6.45, 7) is -0.182. The molecule has 2 aromatic heterocycles. The fourth-order valence-corrected chi connectivity index (χ4v) is 3.45. The van der Waals surface area contributed by atoms with Crippen LogP contribution in [0.25, 0.3) is 33.2 Å². The van der Waals surface area contributed by atoms with Gasteiger partial charge in [0.15, 0.2) is 0 Å². The molecule has 2 heterocycles. The molecule has 3 aromatic carbocycles. The number of fused-ring (bicyclic) bond motifs is 2. The minimum absolute atomic E-state index is 0.182. The van der Waals surface area contributed by atoms with Gasteiger partial charge in [-0.25, -0.2) is 9.67 Å². The van der Waals surface area contributed by atoms with Crippen molar-refractivity contribution in [3.8, 4) is 11.4 Å². The Morgan fingerprint density at radius 1 is 0.967 bits per heavy atom. The van der Waals surface area contributed by atoms with Crippen LogP contribution >= 0.6 is 0 Å². The molecule has 0 unspecified atom stereocenters. The molecule has 2 N–H and O–H groups in total. The lowest BCUT2D eigenvalue weighted by Crippen LogP contribution is -2.29. The molecule has 5 rings (SSSR count). The van der Waals surface area contributed by atoms with Crippen molar-refractivity contribution in [3.63, 3.8) is 0 Å². The van der Waals surface area contributed by atoms with Crippen molar-refractivity contribution in [1.82, 2.24) is 19.7 Å². The molecule has 0 bridgehead atoms. The van der Waals surface area contributed by atoms with E-state index in [1.165, 1.54) is 4.68 Å². The van der Waals surface area contributed by atoms with Crippen LogP contribution in [0.2, 0.25) is 0 Å². The molecule has 0 radical (unpaired) electrons. The fraction of sp³-hybridized carbons (Fsp3) is 0.0435. The van der Waals surface area contributed by atoms with Gasteiger partial charge in [0.05, 0.1) is 28.3 Å². The molecule has 0 atom stereocenters. The molecule has 0 aliphatic rings. The second-order valence-electron chi connectivity index (χ2n) is 6.89. The Balaban J connectivity index is 1.43. The molecule has 0 fully saturated rings. The zero-order chi connectivity index (χ0) is 20.5. The zero-order valence-electron chi connectivity index (χ0n) is 15.9. The van der Waals surface area contributed by atoms with Gasteiger partial charge in [-0.3, -0.25) is 9.59 Å². The zero-order valence-corrected chi connectivity index (χ0v) is 15.9. The van der Waals surface area contributed by atoms with E-state index in [0.29, 0.717) is 16.9 Å². The highest BCUT2D eigenvalue weighted by atomic mass is 16.2. The highest BCUT2D eigenvalue weighted by Gasteiger charge is 2.13. The molecule has 1 amide bonds. The molecular weight excluding hydrogens is 378 g/mol. The Kier molecular flexibility index (Phi) is 4.33. The van der Waals surface area contributed by atoms with Crippen molar-refractivity contribution < 1.29 is 4.79 Å². The first-order chi connectivity index (χ1) is 14.7. The second-order valence-corrected chi connectivity index (χ2v) is 6.89. The fourth-order valence-electron chi connectivity index (χ4n) is 3.45. The third-order valence-electron chi connectivity index (χ3n) is 4.90. The van der Waals surface area contributed by atoms with Crippen molar-refractivity contribution in [2.45, 2.75) is 6.54 Å². The van der Waals surface area contributed by atoms with Gasteiger partial charge in [-0.15, -0.1) is 0 Å². The maximum Gasteiger partial charge on any atom is 0.275 e. The highest BCUT2D eigenvalue weighted by molar-refractivity contribution is 5.95. The Morgan fingerprint density at radius 2 is 1.73 bits per heavy atom. The van der Waals surface area contributed by atoms with Crippen LogP contribution in [0.4, 0.5) is 5.69 Å². The number of para-hydroxylation sites is 3. The van der Waals surface area contributed by atoms with Gasteiger partial charge in [-0.2, -0.15) is 5.10 Å². The van der Waals surface area contributed by atoms with E-state index in [2.05, 4.69) is 20.4 Å². The largest absolute Gasteiger partial charge is 0.338 e. The number of benzene rings is 3. The summed E-state index contributed by atoms with van der Waals surface area (Å²) >= 11 is 0. The number of carbonyl (C=O) groups excluding carboxylic acids is 1. The summed E-state index contributed by atoms with van der Waals surface area (Å²) in [7, 11) is 0. The number of aromatic amines is 1. The molecule has 0 saturated carbocycles. The lowest BCUT2D eigenvalue weighted by atomic mass is 10.1. The average molecular weight is 395 g/mol. The van der Waals surface area contributed by atoms with Gasteiger partial charge < -0.3 is 10.3 Å². The monoisotopic (exact) mass is 395 g/mol. The van der Waals surface area contributed by atoms with E-state index in [1.54, 1.807) is 24.4 Å². The van der Waals surface area contributed by atoms with Crippen LogP contribution in [0.3, 0.4) is 0 Å². The first kappa shape index (κ1) is 17.8. The predicted octanol–water partition coefficient (Wildman–Crippen LogP) is 3.58. The van der Waals surface area contributed by atoms with Crippen LogP contribution < -0.4 is 10.9 Å². The number of hydrogen-bond donors (Lipinski definition) is 2.